The molecule has 8 heteroatoms. The van der Waals surface area contributed by atoms with Crippen molar-refractivity contribution in [1.82, 2.24) is 9.97 Å². The number of aromatic amines is 1. The number of aromatic nitrogens is 2. The maximum Gasteiger partial charge on any atom is 0.256 e. The number of nitrogens with zero attached hydrogens (tertiary/aromatic N) is 1. The number of hydrogen-bond donors (Lipinski definition) is 2. The number of nitrogens with two attached hydrogens (primary N) is 1. The van der Waals surface area contributed by atoms with Crippen LogP contribution in [0.5, 0.6) is 5.88 Å². The van der Waals surface area contributed by atoms with E-state index in [0.717, 1.165) is 0 Å². The van der Waals surface area contributed by atoms with Crippen molar-refractivity contribution in [2.75, 3.05) is 32.4 Å². The fourth-order valence-corrected chi connectivity index (χ4v) is 1.44. The lowest BCUT2D eigenvalue weighted by Gasteiger charge is -2.16. The number of anilines is 1. The van der Waals surface area contributed by atoms with Gasteiger partial charge in [0.2, 0.25) is 11.8 Å². The lowest BCUT2D eigenvalue weighted by Crippen LogP contribution is -2.27. The van der Waals surface area contributed by atoms with Gasteiger partial charge in [0.15, 0.2) is 0 Å². The molecule has 7 nitrogen and oxygen atoms in total. The quantitative estimate of drug-likeness (QED) is 0.647. The highest BCUT2D eigenvalue weighted by Crippen LogP contribution is 2.05. The molecule has 1 aromatic heterocycles. The topological polar surface area (TPSA) is 99.5 Å². The van der Waals surface area contributed by atoms with Crippen LogP contribution in [0, 0.1) is 0 Å². The zero-order valence-electron chi connectivity index (χ0n) is 9.51. The molecule has 0 aromatic carbocycles. The summed E-state index contributed by atoms with van der Waals surface area (Å²) in [5.74, 6) is 0.183. The molecule has 2 atom stereocenters. The third-order valence-electron chi connectivity index (χ3n) is 1.84. The van der Waals surface area contributed by atoms with Gasteiger partial charge in [-0.25, -0.2) is 0 Å². The van der Waals surface area contributed by atoms with Crippen LogP contribution in [0.1, 0.15) is 0 Å². The van der Waals surface area contributed by atoms with Gasteiger partial charge in [0.1, 0.15) is 12.7 Å². The number of nitrogens with one attached hydrogen (secondary N) is 1. The Labute approximate surface area is 101 Å². The molecule has 0 radical (unpaired) electrons. The average Bonchev–Trinajstić information content (AvgIpc) is 2.25. The molecule has 0 spiro atoms. The molecule has 3 N–H and O–H groups in total. The number of H-pyrrole nitrogens is 1. The van der Waals surface area contributed by atoms with Crippen molar-refractivity contribution in [2.45, 2.75) is 6.10 Å². The molecular weight excluding hydrogens is 245 g/mol. The maximum absolute atomic E-state index is 11.1. The molecule has 17 heavy (non-hydrogen) atoms. The Morgan fingerprint density at radius 1 is 1.59 bits per heavy atom. The highest BCUT2D eigenvalue weighted by atomic mass is 31.0. The molecule has 2 unspecified atom stereocenters. The smallest absolute Gasteiger partial charge is 0.256 e. The van der Waals surface area contributed by atoms with E-state index >= 15 is 0 Å². The van der Waals surface area contributed by atoms with Crippen molar-refractivity contribution in [1.29, 1.82) is 0 Å². The first kappa shape index (κ1) is 13.9. The highest BCUT2D eigenvalue weighted by Gasteiger charge is 2.10. The van der Waals surface area contributed by atoms with Crippen LogP contribution in [0.4, 0.5) is 5.95 Å². The standard InChI is InChI=1S/C9H16N3O4P/c1-14-3-6(16-5-17)4-15-8-2-7(13)11-9(10)12-8/h2,6H,3-5,17H2,1H3,(H3,10,11,12,13). The molecule has 1 aromatic rings. The van der Waals surface area contributed by atoms with Crippen LogP contribution in [-0.4, -0.2) is 42.7 Å². The van der Waals surface area contributed by atoms with Gasteiger partial charge < -0.3 is 19.9 Å². The van der Waals surface area contributed by atoms with Crippen molar-refractivity contribution in [2.24, 2.45) is 0 Å². The lowest BCUT2D eigenvalue weighted by molar-refractivity contribution is -0.00678. The summed E-state index contributed by atoms with van der Waals surface area (Å²) in [4.78, 5) is 17.2. The molecule has 0 aliphatic carbocycles. The zero-order chi connectivity index (χ0) is 12.7. The summed E-state index contributed by atoms with van der Waals surface area (Å²) in [6.45, 7) is 0.630. The van der Waals surface area contributed by atoms with E-state index in [9.17, 15) is 4.79 Å². The van der Waals surface area contributed by atoms with Crippen LogP contribution in [0.25, 0.3) is 0 Å². The van der Waals surface area contributed by atoms with Gasteiger partial charge in [-0.2, -0.15) is 4.98 Å². The number of methoxy groups -OCH3 is 1. The fraction of sp³-hybridized carbons (Fsp3) is 0.556. The molecule has 0 aliphatic rings. The van der Waals surface area contributed by atoms with E-state index in [0.29, 0.717) is 13.0 Å². The number of nitrogen functional groups attached to an aromatic ring is 1. The number of hydrogen-bond acceptors (Lipinski definition) is 6. The van der Waals surface area contributed by atoms with Gasteiger partial charge in [0.25, 0.3) is 5.56 Å². The fourth-order valence-electron chi connectivity index (χ4n) is 1.17. The van der Waals surface area contributed by atoms with Crippen LogP contribution in [0.2, 0.25) is 0 Å². The van der Waals surface area contributed by atoms with Gasteiger partial charge in [-0.1, -0.05) is 0 Å². The molecule has 1 rings (SSSR count). The second-order valence-electron chi connectivity index (χ2n) is 3.19. The minimum atomic E-state index is -0.359. The van der Waals surface area contributed by atoms with Crippen molar-refractivity contribution in [3.8, 4) is 5.88 Å². The van der Waals surface area contributed by atoms with Crippen molar-refractivity contribution in [3.63, 3.8) is 0 Å². The van der Waals surface area contributed by atoms with Crippen LogP contribution in [0.3, 0.4) is 0 Å². The molecule has 1 heterocycles. The summed E-state index contributed by atoms with van der Waals surface area (Å²) in [6, 6.07) is 1.22. The molecule has 0 fully saturated rings. The third kappa shape index (κ3) is 5.12. The van der Waals surface area contributed by atoms with Crippen molar-refractivity contribution >= 4 is 15.2 Å². The van der Waals surface area contributed by atoms with E-state index in [1.165, 1.54) is 6.07 Å². The summed E-state index contributed by atoms with van der Waals surface area (Å²) in [5.41, 5.74) is 5.02. The largest absolute Gasteiger partial charge is 0.475 e. The number of ether oxygens (including phenoxy) is 3. The van der Waals surface area contributed by atoms with Crippen LogP contribution >= 0.6 is 9.24 Å². The molecule has 96 valence electrons. The minimum absolute atomic E-state index is 0.0164. The van der Waals surface area contributed by atoms with Gasteiger partial charge in [-0.05, 0) is 0 Å². The first-order chi connectivity index (χ1) is 8.15. The molecule has 0 bridgehead atoms. The molecule has 0 saturated heterocycles. The third-order valence-corrected chi connectivity index (χ3v) is 2.03. The second-order valence-corrected chi connectivity index (χ2v) is 3.52. The second kappa shape index (κ2) is 7.21. The maximum atomic E-state index is 11.1. The highest BCUT2D eigenvalue weighted by molar-refractivity contribution is 7.16. The van der Waals surface area contributed by atoms with E-state index in [-0.39, 0.29) is 30.1 Å². The van der Waals surface area contributed by atoms with Crippen molar-refractivity contribution < 1.29 is 14.2 Å². The van der Waals surface area contributed by atoms with Gasteiger partial charge in [0.05, 0.1) is 19.0 Å². The Kier molecular flexibility index (Phi) is 5.90. The van der Waals surface area contributed by atoms with Crippen LogP contribution in [0.15, 0.2) is 10.9 Å². The van der Waals surface area contributed by atoms with Gasteiger partial charge in [-0.15, -0.1) is 9.24 Å². The van der Waals surface area contributed by atoms with E-state index in [4.69, 9.17) is 19.9 Å². The summed E-state index contributed by atoms with van der Waals surface area (Å²) >= 11 is 0. The van der Waals surface area contributed by atoms with Crippen LogP contribution < -0.4 is 16.0 Å². The van der Waals surface area contributed by atoms with E-state index in [1.54, 1.807) is 7.11 Å². The lowest BCUT2D eigenvalue weighted by atomic mass is 10.4. The van der Waals surface area contributed by atoms with E-state index in [1.807, 2.05) is 0 Å². The predicted molar refractivity (Wildman–Crippen MR) is 66.1 cm³/mol. The Balaban J connectivity index is 2.55. The molecular formula is C9H16N3O4P. The zero-order valence-corrected chi connectivity index (χ0v) is 10.7. The molecule has 0 saturated carbocycles. The predicted octanol–water partition coefficient (Wildman–Crippen LogP) is -0.405. The normalized spacial score (nSPS) is 12.4. The summed E-state index contributed by atoms with van der Waals surface area (Å²) in [7, 11) is 4.02. The van der Waals surface area contributed by atoms with Crippen LogP contribution in [-0.2, 0) is 9.47 Å². The Morgan fingerprint density at radius 3 is 2.94 bits per heavy atom. The minimum Gasteiger partial charge on any atom is -0.475 e. The van der Waals surface area contributed by atoms with E-state index in [2.05, 4.69) is 19.2 Å². The van der Waals surface area contributed by atoms with Gasteiger partial charge >= 0.3 is 0 Å². The average molecular weight is 261 g/mol. The monoisotopic (exact) mass is 261 g/mol. The van der Waals surface area contributed by atoms with Crippen molar-refractivity contribution in [3.05, 3.63) is 16.4 Å². The summed E-state index contributed by atoms with van der Waals surface area (Å²) in [6.07, 6.45) is 0.252. The Morgan fingerprint density at radius 2 is 2.35 bits per heavy atom. The first-order valence-corrected chi connectivity index (χ1v) is 5.77. The van der Waals surface area contributed by atoms with E-state index < -0.39 is 0 Å². The first-order valence-electron chi connectivity index (χ1n) is 4.96. The van der Waals surface area contributed by atoms with Gasteiger partial charge in [0, 0.05) is 7.11 Å². The Bertz CT molecular complexity index is 392. The van der Waals surface area contributed by atoms with Gasteiger partial charge in [-0.3, -0.25) is 9.78 Å². The SMILES string of the molecule is COCC(COc1cc(=O)[nH]c(N)n1)OCP. The molecule has 0 aliphatic heterocycles. The Hall–Kier alpha value is -1.17. The molecule has 0 amide bonds. The summed E-state index contributed by atoms with van der Waals surface area (Å²) < 4.78 is 15.6. The summed E-state index contributed by atoms with van der Waals surface area (Å²) in [5, 5.41) is 0. The number of rotatable bonds is 7.